The lowest BCUT2D eigenvalue weighted by Crippen LogP contribution is -2.25. The van der Waals surface area contributed by atoms with Crippen molar-refractivity contribution in [1.29, 1.82) is 0 Å². The molecule has 0 N–H and O–H groups in total. The second kappa shape index (κ2) is 3.76. The van der Waals surface area contributed by atoms with Crippen LogP contribution >= 0.6 is 0 Å². The molecule has 0 fully saturated rings. The van der Waals surface area contributed by atoms with Crippen molar-refractivity contribution in [2.24, 2.45) is 0 Å². The van der Waals surface area contributed by atoms with Gasteiger partial charge in [-0.05, 0) is 6.08 Å². The summed E-state index contributed by atoms with van der Waals surface area (Å²) in [4.78, 5) is 12.8. The highest BCUT2D eigenvalue weighted by Gasteiger charge is 2.07. The summed E-state index contributed by atoms with van der Waals surface area (Å²) in [5, 5.41) is 0. The van der Waals surface area contributed by atoms with Crippen LogP contribution in [-0.2, 0) is 4.79 Å². The highest BCUT2D eigenvalue weighted by molar-refractivity contribution is 5.79. The molecule has 58 valence electrons. The number of carbonyl (C=O) groups excluding carboxylic acids is 1. The zero-order valence-corrected chi connectivity index (χ0v) is 6.36. The Morgan fingerprint density at radius 2 is 2.45 bits per heavy atom. The van der Waals surface area contributed by atoms with E-state index in [1.807, 2.05) is 18.2 Å². The molecule has 0 bridgehead atoms. The predicted octanol–water partition coefficient (Wildman–Crippen LogP) is 1.47. The molecule has 0 aromatic carbocycles. The SMILES string of the molecule is C=CCC(=O)N1C=CC=CC1. The average molecular weight is 149 g/mol. The van der Waals surface area contributed by atoms with Crippen molar-refractivity contribution in [2.75, 3.05) is 6.54 Å². The molecular formula is C9H11NO. The van der Waals surface area contributed by atoms with Gasteiger partial charge in [-0.25, -0.2) is 0 Å². The van der Waals surface area contributed by atoms with Crippen molar-refractivity contribution in [1.82, 2.24) is 4.90 Å². The molecule has 0 aromatic heterocycles. The molecule has 1 heterocycles. The zero-order valence-electron chi connectivity index (χ0n) is 6.36. The van der Waals surface area contributed by atoms with Gasteiger partial charge in [-0.2, -0.15) is 0 Å². The third-order valence-electron chi connectivity index (χ3n) is 1.45. The second-order valence-corrected chi connectivity index (χ2v) is 2.31. The molecule has 0 saturated heterocycles. The molecule has 0 aliphatic carbocycles. The van der Waals surface area contributed by atoms with E-state index in [-0.39, 0.29) is 5.91 Å². The topological polar surface area (TPSA) is 20.3 Å². The molecule has 2 heteroatoms. The van der Waals surface area contributed by atoms with E-state index in [0.29, 0.717) is 13.0 Å². The minimum absolute atomic E-state index is 0.0978. The molecule has 0 radical (unpaired) electrons. The van der Waals surface area contributed by atoms with Gasteiger partial charge >= 0.3 is 0 Å². The maximum Gasteiger partial charge on any atom is 0.230 e. The highest BCUT2D eigenvalue weighted by atomic mass is 16.2. The largest absolute Gasteiger partial charge is 0.315 e. The molecule has 1 aliphatic heterocycles. The van der Waals surface area contributed by atoms with Crippen LogP contribution in [0.25, 0.3) is 0 Å². The third kappa shape index (κ3) is 2.08. The molecule has 1 rings (SSSR count). The summed E-state index contributed by atoms with van der Waals surface area (Å²) in [7, 11) is 0. The summed E-state index contributed by atoms with van der Waals surface area (Å²) >= 11 is 0. The van der Waals surface area contributed by atoms with E-state index in [4.69, 9.17) is 0 Å². The van der Waals surface area contributed by atoms with Crippen LogP contribution in [0.2, 0.25) is 0 Å². The molecule has 0 atom stereocenters. The number of nitrogens with zero attached hydrogens (tertiary/aromatic N) is 1. The number of hydrogen-bond acceptors (Lipinski definition) is 1. The van der Waals surface area contributed by atoms with E-state index >= 15 is 0 Å². The Labute approximate surface area is 66.5 Å². The molecule has 0 unspecified atom stereocenters. The number of carbonyl (C=O) groups is 1. The van der Waals surface area contributed by atoms with Crippen LogP contribution in [0.1, 0.15) is 6.42 Å². The van der Waals surface area contributed by atoms with Gasteiger partial charge in [0.2, 0.25) is 5.91 Å². The average Bonchev–Trinajstić information content (AvgIpc) is 2.07. The number of allylic oxidation sites excluding steroid dienone is 2. The Bertz CT molecular complexity index is 216. The summed E-state index contributed by atoms with van der Waals surface area (Å²) in [5.41, 5.74) is 0. The Morgan fingerprint density at radius 3 is 3.00 bits per heavy atom. The summed E-state index contributed by atoms with van der Waals surface area (Å²) in [5.74, 6) is 0.0978. The fraction of sp³-hybridized carbons (Fsp3) is 0.222. The van der Waals surface area contributed by atoms with Gasteiger partial charge < -0.3 is 4.90 Å². The second-order valence-electron chi connectivity index (χ2n) is 2.31. The van der Waals surface area contributed by atoms with E-state index in [1.165, 1.54) is 0 Å². The molecule has 1 amide bonds. The van der Waals surface area contributed by atoms with Crippen LogP contribution in [0.15, 0.2) is 37.1 Å². The zero-order chi connectivity index (χ0) is 8.10. The van der Waals surface area contributed by atoms with E-state index < -0.39 is 0 Å². The predicted molar refractivity (Wildman–Crippen MR) is 44.8 cm³/mol. The molecular weight excluding hydrogens is 138 g/mol. The lowest BCUT2D eigenvalue weighted by atomic mass is 10.3. The standard InChI is InChI=1S/C9H11NO/c1-2-6-9(11)10-7-4-3-5-8-10/h2-5,7H,1,6,8H2. The Hall–Kier alpha value is -1.31. The fourth-order valence-corrected chi connectivity index (χ4v) is 0.893. The molecule has 0 saturated carbocycles. The minimum atomic E-state index is 0.0978. The van der Waals surface area contributed by atoms with E-state index in [9.17, 15) is 4.79 Å². The van der Waals surface area contributed by atoms with Crippen molar-refractivity contribution < 1.29 is 4.79 Å². The highest BCUT2D eigenvalue weighted by Crippen LogP contribution is 2.01. The van der Waals surface area contributed by atoms with Crippen molar-refractivity contribution in [2.45, 2.75) is 6.42 Å². The van der Waals surface area contributed by atoms with Crippen LogP contribution in [0.4, 0.5) is 0 Å². The van der Waals surface area contributed by atoms with Crippen LogP contribution in [0, 0.1) is 0 Å². The maximum absolute atomic E-state index is 11.2. The van der Waals surface area contributed by atoms with Gasteiger partial charge in [0.25, 0.3) is 0 Å². The molecule has 11 heavy (non-hydrogen) atoms. The summed E-state index contributed by atoms with van der Waals surface area (Å²) in [6, 6.07) is 0. The van der Waals surface area contributed by atoms with Crippen LogP contribution < -0.4 is 0 Å². The van der Waals surface area contributed by atoms with Gasteiger partial charge in [0.05, 0.1) is 0 Å². The number of hydrogen-bond donors (Lipinski definition) is 0. The normalized spacial score (nSPS) is 15.1. The minimum Gasteiger partial charge on any atom is -0.315 e. The van der Waals surface area contributed by atoms with Crippen molar-refractivity contribution in [3.63, 3.8) is 0 Å². The van der Waals surface area contributed by atoms with Gasteiger partial charge in [-0.3, -0.25) is 4.79 Å². The monoisotopic (exact) mass is 149 g/mol. The molecule has 1 aliphatic rings. The quantitative estimate of drug-likeness (QED) is 0.544. The summed E-state index contributed by atoms with van der Waals surface area (Å²) in [6.45, 7) is 4.19. The fourth-order valence-electron chi connectivity index (χ4n) is 0.893. The smallest absolute Gasteiger partial charge is 0.230 e. The number of amides is 1. The van der Waals surface area contributed by atoms with Crippen LogP contribution in [-0.4, -0.2) is 17.4 Å². The lowest BCUT2D eigenvalue weighted by molar-refractivity contribution is -0.127. The molecule has 0 aromatic rings. The van der Waals surface area contributed by atoms with Crippen molar-refractivity contribution in [3.05, 3.63) is 37.1 Å². The number of rotatable bonds is 2. The maximum atomic E-state index is 11.2. The van der Waals surface area contributed by atoms with E-state index in [1.54, 1.807) is 17.2 Å². The van der Waals surface area contributed by atoms with Crippen molar-refractivity contribution in [3.8, 4) is 0 Å². The van der Waals surface area contributed by atoms with Crippen LogP contribution in [0.3, 0.4) is 0 Å². The first-order valence-electron chi connectivity index (χ1n) is 3.58. The Kier molecular flexibility index (Phi) is 2.66. The third-order valence-corrected chi connectivity index (χ3v) is 1.45. The van der Waals surface area contributed by atoms with Gasteiger partial charge in [0.15, 0.2) is 0 Å². The summed E-state index contributed by atoms with van der Waals surface area (Å²) in [6.07, 6.45) is 9.54. The Morgan fingerprint density at radius 1 is 1.64 bits per heavy atom. The first kappa shape index (κ1) is 7.79. The van der Waals surface area contributed by atoms with Crippen LogP contribution in [0.5, 0.6) is 0 Å². The van der Waals surface area contributed by atoms with Gasteiger partial charge in [-0.15, -0.1) is 6.58 Å². The first-order chi connectivity index (χ1) is 5.34. The summed E-state index contributed by atoms with van der Waals surface area (Å²) < 4.78 is 0. The van der Waals surface area contributed by atoms with Crippen molar-refractivity contribution >= 4 is 5.91 Å². The molecule has 0 spiro atoms. The Balaban J connectivity index is 2.48. The first-order valence-corrected chi connectivity index (χ1v) is 3.58. The van der Waals surface area contributed by atoms with Gasteiger partial charge in [0.1, 0.15) is 0 Å². The van der Waals surface area contributed by atoms with Gasteiger partial charge in [-0.1, -0.05) is 18.2 Å². The molecule has 2 nitrogen and oxygen atoms in total. The van der Waals surface area contributed by atoms with E-state index in [0.717, 1.165) is 0 Å². The van der Waals surface area contributed by atoms with Gasteiger partial charge in [0, 0.05) is 19.2 Å². The van der Waals surface area contributed by atoms with E-state index in [2.05, 4.69) is 6.58 Å². The lowest BCUT2D eigenvalue weighted by Gasteiger charge is -2.16.